The SMILES string of the molecule is CCC1(C)COCC(CS(N)(=O)=O)O1. The van der Waals surface area contributed by atoms with Crippen molar-refractivity contribution in [2.45, 2.75) is 32.0 Å². The van der Waals surface area contributed by atoms with Crippen LogP contribution >= 0.6 is 0 Å². The van der Waals surface area contributed by atoms with Crippen molar-refractivity contribution < 1.29 is 17.9 Å². The van der Waals surface area contributed by atoms with Crippen LogP contribution in [0.2, 0.25) is 0 Å². The maximum Gasteiger partial charge on any atom is 0.211 e. The standard InChI is InChI=1S/C8H17NO4S/c1-3-8(2)6-12-4-7(13-8)5-14(9,10)11/h7H,3-6H2,1-2H3,(H2,9,10,11). The normalized spacial score (nSPS) is 34.4. The van der Waals surface area contributed by atoms with Gasteiger partial charge in [-0.25, -0.2) is 13.6 Å². The van der Waals surface area contributed by atoms with Gasteiger partial charge in [-0.2, -0.15) is 0 Å². The third-order valence-electron chi connectivity index (χ3n) is 2.33. The van der Waals surface area contributed by atoms with Gasteiger partial charge in [-0.05, 0) is 13.3 Å². The van der Waals surface area contributed by atoms with Crippen LogP contribution in [0.3, 0.4) is 0 Å². The number of nitrogens with two attached hydrogens (primary N) is 1. The number of primary sulfonamides is 1. The number of ether oxygens (including phenoxy) is 2. The van der Waals surface area contributed by atoms with Crippen LogP contribution < -0.4 is 5.14 Å². The van der Waals surface area contributed by atoms with Gasteiger partial charge < -0.3 is 9.47 Å². The van der Waals surface area contributed by atoms with Crippen molar-refractivity contribution in [3.05, 3.63) is 0 Å². The highest BCUT2D eigenvalue weighted by atomic mass is 32.2. The zero-order valence-electron chi connectivity index (χ0n) is 8.52. The molecular weight excluding hydrogens is 206 g/mol. The van der Waals surface area contributed by atoms with Gasteiger partial charge >= 0.3 is 0 Å². The Bertz CT molecular complexity index is 290. The average molecular weight is 223 g/mol. The van der Waals surface area contributed by atoms with Gasteiger partial charge in [0.05, 0.1) is 30.7 Å². The second-order valence-electron chi connectivity index (χ2n) is 3.89. The lowest BCUT2D eigenvalue weighted by molar-refractivity contribution is -0.184. The van der Waals surface area contributed by atoms with Crippen molar-refractivity contribution in [3.8, 4) is 0 Å². The predicted octanol–water partition coefficient (Wildman–Crippen LogP) is -0.141. The Balaban J connectivity index is 2.57. The molecule has 2 N–H and O–H groups in total. The van der Waals surface area contributed by atoms with E-state index in [1.165, 1.54) is 0 Å². The molecule has 2 atom stereocenters. The molecule has 0 bridgehead atoms. The Labute approximate surface area is 84.6 Å². The molecule has 1 saturated heterocycles. The Morgan fingerprint density at radius 1 is 1.57 bits per heavy atom. The number of hydrogen-bond donors (Lipinski definition) is 1. The Kier molecular flexibility index (Phi) is 3.52. The fraction of sp³-hybridized carbons (Fsp3) is 1.00. The first kappa shape index (κ1) is 11.9. The fourth-order valence-electron chi connectivity index (χ4n) is 1.40. The van der Waals surface area contributed by atoms with E-state index in [1.54, 1.807) is 0 Å². The zero-order chi connectivity index (χ0) is 10.8. The van der Waals surface area contributed by atoms with E-state index < -0.39 is 16.1 Å². The van der Waals surface area contributed by atoms with Crippen LogP contribution in [0, 0.1) is 0 Å². The molecule has 0 aromatic carbocycles. The van der Waals surface area contributed by atoms with Crippen LogP contribution in [0.4, 0.5) is 0 Å². The minimum Gasteiger partial charge on any atom is -0.376 e. The van der Waals surface area contributed by atoms with E-state index in [-0.39, 0.29) is 11.4 Å². The highest BCUT2D eigenvalue weighted by molar-refractivity contribution is 7.89. The van der Waals surface area contributed by atoms with E-state index in [0.717, 1.165) is 6.42 Å². The first-order chi connectivity index (χ1) is 6.35. The monoisotopic (exact) mass is 223 g/mol. The number of rotatable bonds is 3. The van der Waals surface area contributed by atoms with Gasteiger partial charge in [-0.3, -0.25) is 0 Å². The summed E-state index contributed by atoms with van der Waals surface area (Å²) in [4.78, 5) is 0. The molecule has 0 saturated carbocycles. The van der Waals surface area contributed by atoms with Gasteiger partial charge in [-0.15, -0.1) is 0 Å². The highest BCUT2D eigenvalue weighted by Gasteiger charge is 2.33. The molecule has 84 valence electrons. The van der Waals surface area contributed by atoms with Crippen molar-refractivity contribution in [2.75, 3.05) is 19.0 Å². The van der Waals surface area contributed by atoms with Crippen LogP contribution in [-0.2, 0) is 19.5 Å². The van der Waals surface area contributed by atoms with Gasteiger partial charge in [0, 0.05) is 0 Å². The smallest absolute Gasteiger partial charge is 0.211 e. The highest BCUT2D eigenvalue weighted by Crippen LogP contribution is 2.22. The van der Waals surface area contributed by atoms with Crippen molar-refractivity contribution in [2.24, 2.45) is 5.14 Å². The molecule has 6 heteroatoms. The summed E-state index contributed by atoms with van der Waals surface area (Å²) in [7, 11) is -3.49. The fourth-order valence-corrected chi connectivity index (χ4v) is 2.09. The molecule has 1 rings (SSSR count). The minimum atomic E-state index is -3.49. The maximum absolute atomic E-state index is 10.8. The lowest BCUT2D eigenvalue weighted by Gasteiger charge is -2.37. The van der Waals surface area contributed by atoms with Crippen molar-refractivity contribution in [3.63, 3.8) is 0 Å². The lowest BCUT2D eigenvalue weighted by atomic mass is 10.0. The molecule has 0 aliphatic carbocycles. The van der Waals surface area contributed by atoms with E-state index in [2.05, 4.69) is 0 Å². The number of sulfonamides is 1. The largest absolute Gasteiger partial charge is 0.376 e. The molecule has 2 unspecified atom stereocenters. The molecule has 1 aliphatic heterocycles. The first-order valence-electron chi connectivity index (χ1n) is 4.61. The van der Waals surface area contributed by atoms with Crippen molar-refractivity contribution in [1.82, 2.24) is 0 Å². The molecule has 0 aromatic rings. The third-order valence-corrected chi connectivity index (χ3v) is 3.16. The maximum atomic E-state index is 10.8. The van der Waals surface area contributed by atoms with E-state index in [9.17, 15) is 8.42 Å². The third kappa shape index (κ3) is 3.53. The molecule has 1 fully saturated rings. The summed E-state index contributed by atoms with van der Waals surface area (Å²) in [6.07, 6.45) is 0.345. The molecule has 0 radical (unpaired) electrons. The van der Waals surface area contributed by atoms with E-state index in [1.807, 2.05) is 13.8 Å². The summed E-state index contributed by atoms with van der Waals surface area (Å²) in [5.74, 6) is -0.178. The summed E-state index contributed by atoms with van der Waals surface area (Å²) >= 11 is 0. The molecular formula is C8H17NO4S. The zero-order valence-corrected chi connectivity index (χ0v) is 9.34. The summed E-state index contributed by atoms with van der Waals surface area (Å²) in [5.41, 5.74) is -0.381. The minimum absolute atomic E-state index is 0.178. The van der Waals surface area contributed by atoms with Gasteiger partial charge in [-0.1, -0.05) is 6.92 Å². The summed E-state index contributed by atoms with van der Waals surface area (Å²) in [6, 6.07) is 0. The van der Waals surface area contributed by atoms with Gasteiger partial charge in [0.1, 0.15) is 0 Å². The van der Waals surface area contributed by atoms with Crippen LogP contribution in [0.5, 0.6) is 0 Å². The average Bonchev–Trinajstić information content (AvgIpc) is 2.01. The van der Waals surface area contributed by atoms with Gasteiger partial charge in [0.15, 0.2) is 0 Å². The molecule has 1 aliphatic rings. The van der Waals surface area contributed by atoms with Crippen LogP contribution in [0.1, 0.15) is 20.3 Å². The van der Waals surface area contributed by atoms with E-state index in [0.29, 0.717) is 13.2 Å². The number of hydrogen-bond acceptors (Lipinski definition) is 4. The Morgan fingerprint density at radius 3 is 2.71 bits per heavy atom. The summed E-state index contributed by atoms with van der Waals surface area (Å²) in [5, 5.41) is 4.93. The van der Waals surface area contributed by atoms with Crippen molar-refractivity contribution in [1.29, 1.82) is 0 Å². The first-order valence-corrected chi connectivity index (χ1v) is 6.32. The Morgan fingerprint density at radius 2 is 2.21 bits per heavy atom. The second kappa shape index (κ2) is 4.14. The van der Waals surface area contributed by atoms with Crippen molar-refractivity contribution >= 4 is 10.0 Å². The molecule has 14 heavy (non-hydrogen) atoms. The molecule has 0 amide bonds. The van der Waals surface area contributed by atoms with Crippen LogP contribution in [0.25, 0.3) is 0 Å². The predicted molar refractivity (Wildman–Crippen MR) is 52.4 cm³/mol. The summed E-state index contributed by atoms with van der Waals surface area (Å²) < 4.78 is 32.6. The van der Waals surface area contributed by atoms with Crippen LogP contribution in [0.15, 0.2) is 0 Å². The van der Waals surface area contributed by atoms with Crippen LogP contribution in [-0.4, -0.2) is 39.1 Å². The molecule has 0 spiro atoms. The van der Waals surface area contributed by atoms with E-state index >= 15 is 0 Å². The van der Waals surface area contributed by atoms with Gasteiger partial charge in [0.25, 0.3) is 0 Å². The Hall–Kier alpha value is -0.170. The second-order valence-corrected chi connectivity index (χ2v) is 5.55. The molecule has 1 heterocycles. The van der Waals surface area contributed by atoms with Gasteiger partial charge in [0.2, 0.25) is 10.0 Å². The molecule has 5 nitrogen and oxygen atoms in total. The molecule has 0 aromatic heterocycles. The quantitative estimate of drug-likeness (QED) is 0.722. The topological polar surface area (TPSA) is 78.6 Å². The lowest BCUT2D eigenvalue weighted by Crippen LogP contribution is -2.48. The van der Waals surface area contributed by atoms with E-state index in [4.69, 9.17) is 14.6 Å². The summed E-state index contributed by atoms with van der Waals surface area (Å²) in [6.45, 7) is 4.68.